The summed E-state index contributed by atoms with van der Waals surface area (Å²) in [6, 6.07) is 3.31. The molecule has 4 nitrogen and oxygen atoms in total. The number of aromatic nitrogens is 2. The highest BCUT2D eigenvalue weighted by molar-refractivity contribution is 5.28. The third kappa shape index (κ3) is 4.92. The predicted molar refractivity (Wildman–Crippen MR) is 78.2 cm³/mol. The van der Waals surface area contributed by atoms with Gasteiger partial charge in [0.1, 0.15) is 0 Å². The lowest BCUT2D eigenvalue weighted by Gasteiger charge is -2.23. The molecule has 0 aliphatic heterocycles. The Balaban J connectivity index is 2.32. The third-order valence-electron chi connectivity index (χ3n) is 3.50. The van der Waals surface area contributed by atoms with E-state index >= 15 is 0 Å². The lowest BCUT2D eigenvalue weighted by molar-refractivity contribution is -0.138. The second kappa shape index (κ2) is 7.70. The average Bonchev–Trinajstić information content (AvgIpc) is 2.54. The Morgan fingerprint density at radius 1 is 0.846 bits per heavy atom. The molecule has 0 fully saturated rings. The summed E-state index contributed by atoms with van der Waals surface area (Å²) in [7, 11) is 0. The van der Waals surface area contributed by atoms with Crippen molar-refractivity contribution in [3.05, 3.63) is 59.2 Å². The van der Waals surface area contributed by atoms with Crippen LogP contribution in [0.5, 0.6) is 0 Å². The summed E-state index contributed by atoms with van der Waals surface area (Å²) in [6.07, 6.45) is -5.35. The average molecular weight is 374 g/mol. The number of hydrogen-bond donors (Lipinski definition) is 0. The largest absolute Gasteiger partial charge is 0.416 e. The van der Waals surface area contributed by atoms with Gasteiger partial charge in [-0.2, -0.15) is 31.6 Å². The Labute approximate surface area is 144 Å². The van der Waals surface area contributed by atoms with Crippen molar-refractivity contribution >= 4 is 0 Å². The van der Waals surface area contributed by atoms with Crippen LogP contribution in [0.15, 0.2) is 36.9 Å². The summed E-state index contributed by atoms with van der Waals surface area (Å²) in [5, 5.41) is 8.88. The third-order valence-corrected chi connectivity index (χ3v) is 3.50. The van der Waals surface area contributed by atoms with Gasteiger partial charge in [0.05, 0.1) is 23.7 Å². The topological polar surface area (TPSA) is 52.8 Å². The molecule has 0 aliphatic carbocycles. The molecule has 138 valence electrons. The van der Waals surface area contributed by atoms with Crippen LogP contribution in [0.3, 0.4) is 0 Å². The molecule has 2 heterocycles. The molecule has 0 saturated carbocycles. The minimum Gasteiger partial charge on any atom is -0.282 e. The highest BCUT2D eigenvalue weighted by atomic mass is 19.4. The number of pyridine rings is 2. The molecule has 0 radical (unpaired) electrons. The summed E-state index contributed by atoms with van der Waals surface area (Å²) in [5.41, 5.74) is -2.35. The van der Waals surface area contributed by atoms with E-state index in [4.69, 9.17) is 5.26 Å². The normalized spacial score (nSPS) is 12.2. The first-order valence-corrected chi connectivity index (χ1v) is 7.22. The maximum atomic E-state index is 13.1. The molecule has 2 aromatic heterocycles. The van der Waals surface area contributed by atoms with Gasteiger partial charge < -0.3 is 0 Å². The van der Waals surface area contributed by atoms with Gasteiger partial charge in [0.2, 0.25) is 0 Å². The first-order valence-electron chi connectivity index (χ1n) is 7.22. The van der Waals surface area contributed by atoms with E-state index < -0.39 is 23.5 Å². The summed E-state index contributed by atoms with van der Waals surface area (Å²) in [4.78, 5) is 8.43. The van der Waals surface area contributed by atoms with Gasteiger partial charge >= 0.3 is 12.4 Å². The fraction of sp³-hybridized carbons (Fsp3) is 0.312. The van der Waals surface area contributed by atoms with Gasteiger partial charge in [0, 0.05) is 37.9 Å². The molecule has 0 saturated heterocycles. The quantitative estimate of drug-likeness (QED) is 0.586. The smallest absolute Gasteiger partial charge is 0.282 e. The summed E-state index contributed by atoms with van der Waals surface area (Å²) < 4.78 is 78.4. The van der Waals surface area contributed by atoms with Crippen molar-refractivity contribution in [3.63, 3.8) is 0 Å². The Kier molecular flexibility index (Phi) is 5.82. The van der Waals surface area contributed by atoms with Crippen LogP contribution in [0.4, 0.5) is 26.3 Å². The fourth-order valence-corrected chi connectivity index (χ4v) is 2.41. The van der Waals surface area contributed by atoms with Crippen molar-refractivity contribution in [2.45, 2.75) is 25.4 Å². The van der Waals surface area contributed by atoms with Gasteiger partial charge in [-0.25, -0.2) is 0 Å². The van der Waals surface area contributed by atoms with Crippen LogP contribution >= 0.6 is 0 Å². The van der Waals surface area contributed by atoms with Crippen LogP contribution in [-0.4, -0.2) is 21.4 Å². The van der Waals surface area contributed by atoms with Crippen LogP contribution in [0, 0.1) is 11.3 Å². The Morgan fingerprint density at radius 2 is 1.27 bits per heavy atom. The van der Waals surface area contributed by atoms with E-state index in [0.717, 1.165) is 36.9 Å². The van der Waals surface area contributed by atoms with Crippen LogP contribution in [0.1, 0.15) is 22.3 Å². The molecule has 0 atom stereocenters. The first kappa shape index (κ1) is 19.7. The van der Waals surface area contributed by atoms with E-state index in [9.17, 15) is 26.3 Å². The van der Waals surface area contributed by atoms with Gasteiger partial charge in [-0.05, 0) is 23.3 Å². The zero-order chi connectivity index (χ0) is 19.4. The lowest BCUT2D eigenvalue weighted by Crippen LogP contribution is -2.26. The molecule has 0 N–H and O–H groups in total. The SMILES string of the molecule is N#CCN(Cc1cnccc1C(F)(F)F)Cc1cnccc1C(F)(F)F. The van der Waals surface area contributed by atoms with Crippen molar-refractivity contribution in [3.8, 4) is 6.07 Å². The predicted octanol–water partition coefficient (Wildman–Crippen LogP) is 4.04. The van der Waals surface area contributed by atoms with E-state index in [-0.39, 0.29) is 30.8 Å². The monoisotopic (exact) mass is 374 g/mol. The van der Waals surface area contributed by atoms with E-state index in [1.807, 2.05) is 0 Å². The lowest BCUT2D eigenvalue weighted by atomic mass is 10.1. The Morgan fingerprint density at radius 3 is 1.62 bits per heavy atom. The van der Waals surface area contributed by atoms with Gasteiger partial charge in [0.25, 0.3) is 0 Å². The molecule has 26 heavy (non-hydrogen) atoms. The molecule has 2 aromatic rings. The summed E-state index contributed by atoms with van der Waals surface area (Å²) in [6.45, 7) is -1.14. The van der Waals surface area contributed by atoms with E-state index in [1.165, 1.54) is 4.90 Å². The number of hydrogen-bond acceptors (Lipinski definition) is 4. The molecule has 0 amide bonds. The number of alkyl halides is 6. The minimum absolute atomic E-state index is 0.229. The molecular formula is C16H12F6N4. The maximum absolute atomic E-state index is 13.1. The molecule has 0 aliphatic rings. The van der Waals surface area contributed by atoms with Gasteiger partial charge in [-0.3, -0.25) is 14.9 Å². The van der Waals surface area contributed by atoms with Crippen LogP contribution in [0.25, 0.3) is 0 Å². The van der Waals surface area contributed by atoms with Crippen LogP contribution < -0.4 is 0 Å². The summed E-state index contributed by atoms with van der Waals surface area (Å²) >= 11 is 0. The number of rotatable bonds is 5. The molecule has 0 unspecified atom stereocenters. The Hall–Kier alpha value is -2.67. The van der Waals surface area contributed by atoms with E-state index in [1.54, 1.807) is 6.07 Å². The highest BCUT2D eigenvalue weighted by Crippen LogP contribution is 2.34. The van der Waals surface area contributed by atoms with E-state index in [2.05, 4.69) is 9.97 Å². The first-order chi connectivity index (χ1) is 12.1. The van der Waals surface area contributed by atoms with Crippen LogP contribution in [0.2, 0.25) is 0 Å². The minimum atomic E-state index is -4.64. The van der Waals surface area contributed by atoms with Crippen molar-refractivity contribution in [1.82, 2.24) is 14.9 Å². The van der Waals surface area contributed by atoms with E-state index in [0.29, 0.717) is 0 Å². The molecular weight excluding hydrogens is 362 g/mol. The van der Waals surface area contributed by atoms with Crippen molar-refractivity contribution in [2.24, 2.45) is 0 Å². The molecule has 0 spiro atoms. The highest BCUT2D eigenvalue weighted by Gasteiger charge is 2.35. The summed E-state index contributed by atoms with van der Waals surface area (Å²) in [5.74, 6) is 0. The molecule has 2 rings (SSSR count). The van der Waals surface area contributed by atoms with Gasteiger partial charge in [-0.15, -0.1) is 0 Å². The van der Waals surface area contributed by atoms with Crippen LogP contribution in [-0.2, 0) is 25.4 Å². The maximum Gasteiger partial charge on any atom is 0.416 e. The molecule has 0 aromatic carbocycles. The zero-order valence-corrected chi connectivity index (χ0v) is 13.1. The number of halogens is 6. The molecule has 10 heteroatoms. The second-order valence-corrected chi connectivity index (χ2v) is 5.36. The van der Waals surface area contributed by atoms with Gasteiger partial charge in [0.15, 0.2) is 0 Å². The number of nitrogens with zero attached hydrogens (tertiary/aromatic N) is 4. The second-order valence-electron chi connectivity index (χ2n) is 5.36. The van der Waals surface area contributed by atoms with Crippen molar-refractivity contribution in [2.75, 3.05) is 6.54 Å². The zero-order valence-electron chi connectivity index (χ0n) is 13.1. The molecule has 0 bridgehead atoms. The van der Waals surface area contributed by atoms with Crippen molar-refractivity contribution in [1.29, 1.82) is 5.26 Å². The van der Waals surface area contributed by atoms with Gasteiger partial charge in [-0.1, -0.05) is 0 Å². The fourth-order valence-electron chi connectivity index (χ4n) is 2.41. The van der Waals surface area contributed by atoms with Crippen molar-refractivity contribution < 1.29 is 26.3 Å². The standard InChI is InChI=1S/C16H12F6N4/c17-15(18,19)13-1-4-24-7-11(13)9-26(6-3-23)10-12-8-25-5-2-14(12)16(20,21)22/h1-2,4-5,7-8H,6,9-10H2. The Bertz CT molecular complexity index is 735. The number of nitriles is 1.